The summed E-state index contributed by atoms with van der Waals surface area (Å²) in [7, 11) is 0. The van der Waals surface area contributed by atoms with E-state index in [1.54, 1.807) is 41.1 Å². The number of fused-ring (bicyclic) bond motifs is 3. The number of benzene rings is 2. The monoisotopic (exact) mass is 764 g/mol. The summed E-state index contributed by atoms with van der Waals surface area (Å²) in [6.45, 7) is 7.73. The lowest BCUT2D eigenvalue weighted by Gasteiger charge is -2.41. The topological polar surface area (TPSA) is 125 Å². The highest BCUT2D eigenvalue weighted by molar-refractivity contribution is 7.22. The summed E-state index contributed by atoms with van der Waals surface area (Å²) in [5, 5.41) is 12.4. The van der Waals surface area contributed by atoms with Crippen LogP contribution < -0.4 is 20.9 Å². The number of thiazole rings is 2. The number of halogens is 1. The Morgan fingerprint density at radius 1 is 0.792 bits per heavy atom. The summed E-state index contributed by atoms with van der Waals surface area (Å²) in [5.74, 6) is 0.974. The largest absolute Gasteiger partial charge is 0.359 e. The first-order valence-corrected chi connectivity index (χ1v) is 19.9. The third-order valence-corrected chi connectivity index (χ3v) is 12.9. The van der Waals surface area contributed by atoms with Gasteiger partial charge in [0.05, 0.1) is 31.3 Å². The summed E-state index contributed by atoms with van der Waals surface area (Å²) in [6, 6.07) is 25.0. The Bertz CT molecular complexity index is 2240. The van der Waals surface area contributed by atoms with E-state index < -0.39 is 10.8 Å². The van der Waals surface area contributed by atoms with Crippen molar-refractivity contribution in [2.75, 3.05) is 15.5 Å². The minimum atomic E-state index is -0.725. The van der Waals surface area contributed by atoms with Crippen LogP contribution in [0.2, 0.25) is 5.15 Å². The zero-order chi connectivity index (χ0) is 36.9. The number of nitrogens with one attached hydrogen (secondary N) is 3. The third-order valence-electron chi connectivity index (χ3n) is 10.6. The van der Waals surface area contributed by atoms with Gasteiger partial charge in [-0.2, -0.15) is 0 Å². The average molecular weight is 765 g/mol. The Hall–Kier alpha value is -4.65. The van der Waals surface area contributed by atoms with E-state index in [0.29, 0.717) is 17.2 Å². The quantitative estimate of drug-likeness (QED) is 0.132. The zero-order valence-electron chi connectivity index (χ0n) is 30.0. The number of carbonyl (C=O) groups is 2. The maximum absolute atomic E-state index is 13.0. The number of para-hydroxylation sites is 2. The molecule has 6 aromatic rings. The number of pyridine rings is 2. The highest BCUT2D eigenvalue weighted by Crippen LogP contribution is 2.45. The molecule has 3 N–H and O–H groups in total. The molecule has 10 nitrogen and oxygen atoms in total. The molecule has 13 heteroatoms. The molecule has 0 radical (unpaired) electrons. The zero-order valence-corrected chi connectivity index (χ0v) is 32.4. The second kappa shape index (κ2) is 14.0. The minimum Gasteiger partial charge on any atom is -0.359 e. The van der Waals surface area contributed by atoms with Gasteiger partial charge in [0.15, 0.2) is 10.3 Å². The second-order valence-corrected chi connectivity index (χ2v) is 17.5. The van der Waals surface area contributed by atoms with Gasteiger partial charge in [0, 0.05) is 47.7 Å². The molecule has 2 amide bonds. The summed E-state index contributed by atoms with van der Waals surface area (Å²) >= 11 is 9.52. The van der Waals surface area contributed by atoms with Crippen molar-refractivity contribution in [2.45, 2.75) is 88.4 Å². The fourth-order valence-corrected chi connectivity index (χ4v) is 9.50. The molecule has 0 unspecified atom stereocenters. The van der Waals surface area contributed by atoms with Gasteiger partial charge >= 0.3 is 0 Å². The Morgan fingerprint density at radius 2 is 1.36 bits per heavy atom. The number of carbonyl (C=O) groups excluding carboxylic acids is 2. The maximum Gasteiger partial charge on any atom is 0.238 e. The van der Waals surface area contributed by atoms with Crippen molar-refractivity contribution < 1.29 is 9.59 Å². The summed E-state index contributed by atoms with van der Waals surface area (Å²) < 4.78 is 2.37. The van der Waals surface area contributed by atoms with Crippen LogP contribution in [0.4, 0.5) is 16.1 Å². The van der Waals surface area contributed by atoms with Gasteiger partial charge in [-0.25, -0.2) is 19.9 Å². The van der Waals surface area contributed by atoms with Crippen LogP contribution in [-0.4, -0.2) is 55.9 Å². The molecule has 2 aliphatic carbocycles. The number of aromatic nitrogens is 4. The average Bonchev–Trinajstić information content (AvgIpc) is 3.78. The van der Waals surface area contributed by atoms with Crippen LogP contribution in [-0.2, 0) is 20.4 Å². The fourth-order valence-electron chi connectivity index (χ4n) is 7.26. The molecule has 1 aliphatic heterocycles. The van der Waals surface area contributed by atoms with Gasteiger partial charge in [0.25, 0.3) is 0 Å². The van der Waals surface area contributed by atoms with E-state index in [9.17, 15) is 9.59 Å². The van der Waals surface area contributed by atoms with Gasteiger partial charge in [-0.05, 0) is 89.8 Å². The predicted molar refractivity (Wildman–Crippen MR) is 215 cm³/mol. The molecule has 0 saturated heterocycles. The number of anilines is 3. The van der Waals surface area contributed by atoms with Crippen LogP contribution in [0, 0.1) is 0 Å². The van der Waals surface area contributed by atoms with Gasteiger partial charge in [0.2, 0.25) is 11.8 Å². The van der Waals surface area contributed by atoms with Gasteiger partial charge < -0.3 is 16.0 Å². The molecular formula is C40H41ClN8O2S2. The first-order chi connectivity index (χ1) is 25.5. The normalized spacial score (nSPS) is 21.6. The molecule has 2 aromatic carbocycles. The molecule has 5 heterocycles. The molecule has 53 heavy (non-hydrogen) atoms. The van der Waals surface area contributed by atoms with E-state index in [2.05, 4.69) is 48.0 Å². The Balaban J connectivity index is 0.000000151. The van der Waals surface area contributed by atoms with Crippen molar-refractivity contribution in [1.29, 1.82) is 0 Å². The van der Waals surface area contributed by atoms with Crippen molar-refractivity contribution in [3.05, 3.63) is 101 Å². The number of rotatable bonds is 8. The molecular weight excluding hydrogens is 724 g/mol. The Labute approximate surface area is 321 Å². The molecule has 0 spiro atoms. The molecule has 0 atom stereocenters. The van der Waals surface area contributed by atoms with Crippen LogP contribution in [0.5, 0.6) is 0 Å². The second-order valence-electron chi connectivity index (χ2n) is 15.1. The summed E-state index contributed by atoms with van der Waals surface area (Å²) in [5.41, 5.74) is 2.61. The summed E-state index contributed by atoms with van der Waals surface area (Å²) in [6.07, 6.45) is 7.03. The smallest absolute Gasteiger partial charge is 0.238 e. The Kier molecular flexibility index (Phi) is 9.32. The van der Waals surface area contributed by atoms with Crippen LogP contribution in [0.3, 0.4) is 0 Å². The number of hydrogen-bond acceptors (Lipinski definition) is 10. The van der Waals surface area contributed by atoms with Crippen molar-refractivity contribution in [1.82, 2.24) is 25.3 Å². The molecule has 3 aliphatic rings. The standard InChI is InChI=1S/C20H21ClN4OS.C20H20N4OS/c1-20(2,14-6-5-9-22-17(14)21)18(26)23-12-10-13(11-12)24-19-25-15-7-3-4-8-16(15)27-19;1-20(2)14-6-5-9-21-17(14)24(18(20)25)13-10-12(11-13)22-19-23-15-7-3-4-8-16(15)26-19/h3-9,12-13H,10-11H2,1-2H3,(H,23,26)(H,24,25);3-9,12-13H,10-11H2,1-2H3,(H,22,23). The molecule has 4 aromatic heterocycles. The van der Waals surface area contributed by atoms with E-state index >= 15 is 0 Å². The lowest BCUT2D eigenvalue weighted by atomic mass is 9.82. The SMILES string of the molecule is CC(C)(C(=O)NC1CC(Nc2nc3ccccc3s2)C1)c1cccnc1Cl.CC1(C)C(=O)N(C2CC(Nc3nc4ccccc4s3)C2)c2ncccc21. The Morgan fingerprint density at radius 3 is 1.96 bits per heavy atom. The highest BCUT2D eigenvalue weighted by atomic mass is 35.5. The van der Waals surface area contributed by atoms with Crippen molar-refractivity contribution in [2.24, 2.45) is 0 Å². The van der Waals surface area contributed by atoms with Crippen LogP contribution >= 0.6 is 34.3 Å². The highest BCUT2D eigenvalue weighted by Gasteiger charge is 2.50. The van der Waals surface area contributed by atoms with E-state index in [0.717, 1.165) is 63.9 Å². The lowest BCUT2D eigenvalue weighted by molar-refractivity contribution is -0.127. The lowest BCUT2D eigenvalue weighted by Crippen LogP contribution is -2.53. The molecule has 0 bridgehead atoms. The van der Waals surface area contributed by atoms with Gasteiger partial charge in [-0.1, -0.05) is 70.7 Å². The van der Waals surface area contributed by atoms with Crippen molar-refractivity contribution >= 4 is 82.6 Å². The van der Waals surface area contributed by atoms with Gasteiger partial charge in [0.1, 0.15) is 11.0 Å². The van der Waals surface area contributed by atoms with Gasteiger partial charge in [-0.15, -0.1) is 0 Å². The van der Waals surface area contributed by atoms with Crippen molar-refractivity contribution in [3.63, 3.8) is 0 Å². The number of amides is 2. The van der Waals surface area contributed by atoms with Crippen LogP contribution in [0.1, 0.15) is 64.5 Å². The first-order valence-electron chi connectivity index (χ1n) is 17.9. The first kappa shape index (κ1) is 35.4. The third kappa shape index (κ3) is 6.84. The van der Waals surface area contributed by atoms with Crippen LogP contribution in [0.25, 0.3) is 20.4 Å². The summed E-state index contributed by atoms with van der Waals surface area (Å²) in [4.78, 5) is 45.5. The van der Waals surface area contributed by atoms with Crippen LogP contribution in [0.15, 0.2) is 85.2 Å². The van der Waals surface area contributed by atoms with E-state index in [-0.39, 0.29) is 23.9 Å². The van der Waals surface area contributed by atoms with Crippen molar-refractivity contribution in [3.8, 4) is 0 Å². The fraction of sp³-hybridized carbons (Fsp3) is 0.350. The van der Waals surface area contributed by atoms with Gasteiger partial charge in [-0.3, -0.25) is 14.5 Å². The molecule has 2 saturated carbocycles. The van der Waals surface area contributed by atoms with E-state index in [1.807, 2.05) is 87.2 Å². The molecule has 2 fully saturated rings. The number of nitrogens with zero attached hydrogens (tertiary/aromatic N) is 5. The molecule has 9 rings (SSSR count). The number of hydrogen-bond donors (Lipinski definition) is 3. The minimum absolute atomic E-state index is 0.0270. The van der Waals surface area contributed by atoms with E-state index in [4.69, 9.17) is 11.6 Å². The van der Waals surface area contributed by atoms with E-state index in [1.165, 1.54) is 9.40 Å². The maximum atomic E-state index is 13.0. The predicted octanol–water partition coefficient (Wildman–Crippen LogP) is 8.34. The molecule has 272 valence electrons.